The summed E-state index contributed by atoms with van der Waals surface area (Å²) in [6.07, 6.45) is 0. The Labute approximate surface area is 308 Å². The number of aromatic nitrogens is 2. The normalized spacial score (nSPS) is 13.1. The van der Waals surface area contributed by atoms with Crippen LogP contribution >= 0.6 is 0 Å². The van der Waals surface area contributed by atoms with Gasteiger partial charge in [-0.3, -0.25) is 0 Å². The van der Waals surface area contributed by atoms with Gasteiger partial charge in [0.05, 0.1) is 16.8 Å². The first-order chi connectivity index (χ1) is 26.3. The zero-order valence-electron chi connectivity index (χ0n) is 28.9. The summed E-state index contributed by atoms with van der Waals surface area (Å²) in [5.74, 6) is 0.722. The van der Waals surface area contributed by atoms with Gasteiger partial charge in [-0.05, 0) is 84.6 Å². The van der Waals surface area contributed by atoms with E-state index in [0.29, 0.717) is 0 Å². The molecular weight excluding hydrogens is 641 g/mol. The monoisotopic (exact) mass is 672 g/mol. The Kier molecular flexibility index (Phi) is 6.50. The maximum atomic E-state index is 5.48. The summed E-state index contributed by atoms with van der Waals surface area (Å²) in [4.78, 5) is 10.9. The minimum atomic E-state index is -0.487. The second kappa shape index (κ2) is 11.6. The molecule has 9 aromatic rings. The highest BCUT2D eigenvalue weighted by molar-refractivity contribution is 6.08. The molecule has 11 rings (SSSR count). The highest BCUT2D eigenvalue weighted by atomic mass is 14.9. The molecule has 1 aromatic heterocycles. The van der Waals surface area contributed by atoms with Crippen molar-refractivity contribution in [2.45, 2.75) is 5.41 Å². The summed E-state index contributed by atoms with van der Waals surface area (Å²) in [6.45, 7) is 0. The van der Waals surface area contributed by atoms with Gasteiger partial charge in [0.1, 0.15) is 0 Å². The quantitative estimate of drug-likeness (QED) is 0.186. The van der Waals surface area contributed by atoms with Crippen molar-refractivity contribution < 1.29 is 0 Å². The third-order valence-corrected chi connectivity index (χ3v) is 11.3. The molecule has 8 aromatic carbocycles. The Bertz CT molecular complexity index is 2840. The van der Waals surface area contributed by atoms with Crippen LogP contribution in [0, 0.1) is 0 Å². The van der Waals surface area contributed by atoms with Crippen molar-refractivity contribution in [3.63, 3.8) is 0 Å². The summed E-state index contributed by atoms with van der Waals surface area (Å²) in [5, 5.41) is 2.43. The van der Waals surface area contributed by atoms with Crippen LogP contribution in [-0.2, 0) is 5.41 Å². The Morgan fingerprint density at radius 2 is 0.849 bits per heavy atom. The van der Waals surface area contributed by atoms with Crippen LogP contribution in [-0.4, -0.2) is 9.97 Å². The molecule has 2 nitrogen and oxygen atoms in total. The van der Waals surface area contributed by atoms with E-state index in [1.54, 1.807) is 0 Å². The van der Waals surface area contributed by atoms with Gasteiger partial charge < -0.3 is 0 Å². The van der Waals surface area contributed by atoms with Gasteiger partial charge in [0.2, 0.25) is 0 Å². The van der Waals surface area contributed by atoms with Crippen LogP contribution in [0.2, 0.25) is 0 Å². The van der Waals surface area contributed by atoms with Crippen LogP contribution < -0.4 is 0 Å². The van der Waals surface area contributed by atoms with Crippen molar-refractivity contribution in [3.8, 4) is 67.3 Å². The Morgan fingerprint density at radius 1 is 0.340 bits per heavy atom. The van der Waals surface area contributed by atoms with Gasteiger partial charge in [-0.2, -0.15) is 0 Å². The molecule has 0 bridgehead atoms. The first-order valence-corrected chi connectivity index (χ1v) is 18.3. The van der Waals surface area contributed by atoms with Crippen molar-refractivity contribution >= 4 is 10.8 Å². The van der Waals surface area contributed by atoms with Crippen LogP contribution in [0.3, 0.4) is 0 Å². The average Bonchev–Trinajstić information content (AvgIpc) is 3.72. The maximum absolute atomic E-state index is 5.48. The van der Waals surface area contributed by atoms with Gasteiger partial charge in [-0.1, -0.05) is 176 Å². The lowest BCUT2D eigenvalue weighted by molar-refractivity contribution is 0.801. The van der Waals surface area contributed by atoms with Gasteiger partial charge in [-0.25, -0.2) is 9.97 Å². The van der Waals surface area contributed by atoms with Crippen LogP contribution in [0.25, 0.3) is 78.1 Å². The molecule has 2 aliphatic carbocycles. The smallest absolute Gasteiger partial charge is 0.161 e. The number of nitrogens with zero attached hydrogens (tertiary/aromatic N) is 2. The molecule has 0 saturated carbocycles. The van der Waals surface area contributed by atoms with E-state index in [2.05, 4.69) is 194 Å². The number of fused-ring (bicyclic) bond motifs is 12. The van der Waals surface area contributed by atoms with Crippen molar-refractivity contribution in [3.05, 3.63) is 216 Å². The van der Waals surface area contributed by atoms with E-state index in [1.165, 1.54) is 60.8 Å². The van der Waals surface area contributed by atoms with Gasteiger partial charge in [0.25, 0.3) is 0 Å². The lowest BCUT2D eigenvalue weighted by Crippen LogP contribution is -2.26. The Morgan fingerprint density at radius 3 is 1.55 bits per heavy atom. The molecule has 0 N–H and O–H groups in total. The Hall–Kier alpha value is -6.90. The van der Waals surface area contributed by atoms with Crippen LogP contribution in [0.4, 0.5) is 0 Å². The molecular formula is C51H32N2. The fraction of sp³-hybridized carbons (Fsp3) is 0.0196. The largest absolute Gasteiger partial charge is 0.228 e. The molecule has 0 atom stereocenters. The molecule has 1 spiro atoms. The lowest BCUT2D eigenvalue weighted by atomic mass is 9.69. The highest BCUT2D eigenvalue weighted by Crippen LogP contribution is 2.65. The molecule has 2 heteroatoms. The van der Waals surface area contributed by atoms with E-state index in [0.717, 1.165) is 39.5 Å². The zero-order chi connectivity index (χ0) is 34.9. The number of rotatable bonds is 4. The van der Waals surface area contributed by atoms with E-state index in [-0.39, 0.29) is 0 Å². The molecule has 0 amide bonds. The zero-order valence-corrected chi connectivity index (χ0v) is 28.9. The minimum Gasteiger partial charge on any atom is -0.228 e. The first-order valence-electron chi connectivity index (χ1n) is 18.3. The van der Waals surface area contributed by atoms with E-state index in [4.69, 9.17) is 9.97 Å². The molecule has 2 aliphatic rings. The summed E-state index contributed by atoms with van der Waals surface area (Å²) in [7, 11) is 0. The predicted molar refractivity (Wildman–Crippen MR) is 218 cm³/mol. The van der Waals surface area contributed by atoms with Crippen molar-refractivity contribution in [2.24, 2.45) is 0 Å². The summed E-state index contributed by atoms with van der Waals surface area (Å²) >= 11 is 0. The lowest BCUT2D eigenvalue weighted by Gasteiger charge is -2.31. The third kappa shape index (κ3) is 4.33. The topological polar surface area (TPSA) is 25.8 Å². The maximum Gasteiger partial charge on any atom is 0.161 e. The number of benzene rings is 8. The van der Waals surface area contributed by atoms with E-state index in [9.17, 15) is 0 Å². The number of hydrogen-bond acceptors (Lipinski definition) is 2. The van der Waals surface area contributed by atoms with Gasteiger partial charge >= 0.3 is 0 Å². The second-order valence-electron chi connectivity index (χ2n) is 14.1. The second-order valence-corrected chi connectivity index (χ2v) is 14.1. The summed E-state index contributed by atoms with van der Waals surface area (Å²) in [6, 6.07) is 70.1. The summed E-state index contributed by atoms with van der Waals surface area (Å²) in [5.41, 5.74) is 17.1. The molecule has 0 aliphatic heterocycles. The third-order valence-electron chi connectivity index (χ3n) is 11.3. The van der Waals surface area contributed by atoms with Crippen LogP contribution in [0.5, 0.6) is 0 Å². The summed E-state index contributed by atoms with van der Waals surface area (Å²) < 4.78 is 0. The van der Waals surface area contributed by atoms with Crippen molar-refractivity contribution in [2.75, 3.05) is 0 Å². The van der Waals surface area contributed by atoms with Crippen molar-refractivity contribution in [1.82, 2.24) is 9.97 Å². The highest BCUT2D eigenvalue weighted by Gasteiger charge is 2.53. The van der Waals surface area contributed by atoms with Gasteiger partial charge in [0, 0.05) is 16.7 Å². The van der Waals surface area contributed by atoms with Gasteiger partial charge in [0.15, 0.2) is 5.82 Å². The molecule has 53 heavy (non-hydrogen) atoms. The molecule has 0 unspecified atom stereocenters. The Balaban J connectivity index is 1.25. The van der Waals surface area contributed by atoms with Gasteiger partial charge in [-0.15, -0.1) is 0 Å². The molecule has 1 heterocycles. The van der Waals surface area contributed by atoms with Crippen LogP contribution in [0.1, 0.15) is 22.3 Å². The molecule has 0 radical (unpaired) electrons. The first kappa shape index (κ1) is 29.8. The van der Waals surface area contributed by atoms with E-state index < -0.39 is 5.41 Å². The minimum absolute atomic E-state index is 0.487. The molecule has 246 valence electrons. The van der Waals surface area contributed by atoms with E-state index in [1.807, 2.05) is 0 Å². The van der Waals surface area contributed by atoms with Crippen molar-refractivity contribution in [1.29, 1.82) is 0 Å². The SMILES string of the molecule is c1ccc(-c2cccc(-c3cc(-c4ccccc4)nc(-c4cc5ccccc5c5c4-c4ccccc4C54c5ccccc5-c5ccccc54)n3)c2)cc1. The predicted octanol–water partition coefficient (Wildman–Crippen LogP) is 12.6. The number of hydrogen-bond donors (Lipinski definition) is 0. The molecule has 0 saturated heterocycles. The fourth-order valence-corrected chi connectivity index (χ4v) is 9.11. The standard InChI is InChI=1S/C51H32N2/c1-3-16-33(17-4-1)35-21-15-22-37(30-35)47-32-46(34-18-5-2-6-19-34)52-50(53-47)42-31-36-20-7-8-23-38(36)49-48(42)41-26-11-14-29-45(41)51(49)43-27-12-9-24-39(43)40-25-10-13-28-44(40)51/h1-32H. The van der Waals surface area contributed by atoms with Crippen LogP contribution in [0.15, 0.2) is 194 Å². The van der Waals surface area contributed by atoms with E-state index >= 15 is 0 Å². The molecule has 0 fully saturated rings. The fourth-order valence-electron chi connectivity index (χ4n) is 9.11. The average molecular weight is 673 g/mol.